The minimum atomic E-state index is -0.719. The monoisotopic (exact) mass is 322 g/mol. The number of carbonyl (C=O) groups excluding carboxylic acids is 1. The molecule has 7 nitrogen and oxygen atoms in total. The van der Waals surface area contributed by atoms with Crippen LogP contribution in [0.5, 0.6) is 0 Å². The lowest BCUT2D eigenvalue weighted by Crippen LogP contribution is -2.20. The zero-order chi connectivity index (χ0) is 16.7. The average molecular weight is 322 g/mol. The SMILES string of the molecule is O=C(Nc1ccc2oc(=O)[nH]c2c1)c1cc2ccccc2oc1=O. The smallest absolute Gasteiger partial charge is 0.417 e. The molecule has 2 aromatic heterocycles. The van der Waals surface area contributed by atoms with Crippen LogP contribution in [0.1, 0.15) is 10.4 Å². The molecular formula is C17H10N2O5. The summed E-state index contributed by atoms with van der Waals surface area (Å²) in [5.74, 6) is -1.18. The molecule has 0 bridgehead atoms. The first kappa shape index (κ1) is 14.0. The second kappa shape index (κ2) is 5.24. The van der Waals surface area contributed by atoms with Crippen molar-refractivity contribution in [1.29, 1.82) is 0 Å². The van der Waals surface area contributed by atoms with E-state index in [1.54, 1.807) is 42.5 Å². The van der Waals surface area contributed by atoms with Crippen LogP contribution in [-0.2, 0) is 0 Å². The summed E-state index contributed by atoms with van der Waals surface area (Å²) >= 11 is 0. The van der Waals surface area contributed by atoms with Crippen LogP contribution >= 0.6 is 0 Å². The van der Waals surface area contributed by atoms with Crippen LogP contribution in [0.15, 0.2) is 67.0 Å². The average Bonchev–Trinajstić information content (AvgIpc) is 2.93. The van der Waals surface area contributed by atoms with Gasteiger partial charge in [0.25, 0.3) is 5.91 Å². The lowest BCUT2D eigenvalue weighted by atomic mass is 10.1. The molecular weight excluding hydrogens is 312 g/mol. The third-order valence-corrected chi connectivity index (χ3v) is 3.56. The van der Waals surface area contributed by atoms with Gasteiger partial charge in [0.1, 0.15) is 11.1 Å². The molecule has 118 valence electrons. The molecule has 7 heteroatoms. The van der Waals surface area contributed by atoms with Crippen molar-refractivity contribution in [2.75, 3.05) is 5.32 Å². The van der Waals surface area contributed by atoms with Crippen molar-refractivity contribution in [1.82, 2.24) is 4.98 Å². The molecule has 0 saturated carbocycles. The summed E-state index contributed by atoms with van der Waals surface area (Å²) in [5, 5.41) is 3.25. The van der Waals surface area contributed by atoms with Crippen LogP contribution in [0.25, 0.3) is 22.1 Å². The summed E-state index contributed by atoms with van der Waals surface area (Å²) in [4.78, 5) is 38.0. The lowest BCUT2D eigenvalue weighted by molar-refractivity contribution is 0.102. The summed E-state index contributed by atoms with van der Waals surface area (Å²) in [6, 6.07) is 13.1. The van der Waals surface area contributed by atoms with Gasteiger partial charge in [0.2, 0.25) is 0 Å². The summed E-state index contributed by atoms with van der Waals surface area (Å²) in [5.41, 5.74) is 0.832. The maximum Gasteiger partial charge on any atom is 0.417 e. The number of aromatic nitrogens is 1. The zero-order valence-electron chi connectivity index (χ0n) is 12.2. The molecule has 0 radical (unpaired) electrons. The van der Waals surface area contributed by atoms with E-state index in [4.69, 9.17) is 8.83 Å². The number of nitrogens with one attached hydrogen (secondary N) is 2. The Labute approximate surface area is 133 Å². The van der Waals surface area contributed by atoms with Crippen LogP contribution in [0.3, 0.4) is 0 Å². The molecule has 0 atom stereocenters. The zero-order valence-corrected chi connectivity index (χ0v) is 12.2. The fraction of sp³-hybridized carbons (Fsp3) is 0. The van der Waals surface area contributed by atoms with Crippen LogP contribution in [0, 0.1) is 0 Å². The number of amides is 1. The number of para-hydroxylation sites is 1. The molecule has 0 aliphatic heterocycles. The number of carbonyl (C=O) groups is 1. The van der Waals surface area contributed by atoms with E-state index >= 15 is 0 Å². The summed E-state index contributed by atoms with van der Waals surface area (Å²) in [7, 11) is 0. The molecule has 0 aliphatic rings. The topological polar surface area (TPSA) is 105 Å². The van der Waals surface area contributed by atoms with E-state index in [0.29, 0.717) is 27.8 Å². The third kappa shape index (κ3) is 2.38. The number of fused-ring (bicyclic) bond motifs is 2. The van der Waals surface area contributed by atoms with E-state index in [1.165, 1.54) is 6.07 Å². The predicted octanol–water partition coefficient (Wildman–Crippen LogP) is 2.48. The highest BCUT2D eigenvalue weighted by molar-refractivity contribution is 6.06. The van der Waals surface area contributed by atoms with E-state index in [0.717, 1.165) is 0 Å². The number of anilines is 1. The first-order chi connectivity index (χ1) is 11.6. The Hall–Kier alpha value is -3.61. The van der Waals surface area contributed by atoms with E-state index in [-0.39, 0.29) is 5.56 Å². The van der Waals surface area contributed by atoms with Gasteiger partial charge in [0, 0.05) is 11.1 Å². The second-order valence-electron chi connectivity index (χ2n) is 5.16. The van der Waals surface area contributed by atoms with Gasteiger partial charge in [0.15, 0.2) is 5.58 Å². The van der Waals surface area contributed by atoms with Crippen molar-refractivity contribution in [3.8, 4) is 0 Å². The molecule has 2 N–H and O–H groups in total. The molecule has 0 spiro atoms. The Balaban J connectivity index is 1.71. The maximum absolute atomic E-state index is 12.4. The third-order valence-electron chi connectivity index (χ3n) is 3.56. The first-order valence-electron chi connectivity index (χ1n) is 7.07. The fourth-order valence-electron chi connectivity index (χ4n) is 2.45. The van der Waals surface area contributed by atoms with Crippen molar-refractivity contribution in [2.24, 2.45) is 0 Å². The number of oxazole rings is 1. The van der Waals surface area contributed by atoms with Crippen molar-refractivity contribution < 1.29 is 13.6 Å². The fourth-order valence-corrected chi connectivity index (χ4v) is 2.45. The lowest BCUT2D eigenvalue weighted by Gasteiger charge is -2.05. The Kier molecular flexibility index (Phi) is 3.06. The molecule has 1 amide bonds. The van der Waals surface area contributed by atoms with Crippen molar-refractivity contribution in [2.45, 2.75) is 0 Å². The van der Waals surface area contributed by atoms with Gasteiger partial charge in [0.05, 0.1) is 5.52 Å². The normalized spacial score (nSPS) is 11.0. The molecule has 24 heavy (non-hydrogen) atoms. The number of H-pyrrole nitrogens is 1. The molecule has 2 aromatic carbocycles. The minimum absolute atomic E-state index is 0.102. The van der Waals surface area contributed by atoms with Crippen LogP contribution in [0.4, 0.5) is 5.69 Å². The molecule has 2 heterocycles. The van der Waals surface area contributed by atoms with Crippen molar-refractivity contribution >= 4 is 33.7 Å². The van der Waals surface area contributed by atoms with Crippen LogP contribution in [0.2, 0.25) is 0 Å². The van der Waals surface area contributed by atoms with Crippen molar-refractivity contribution in [3.63, 3.8) is 0 Å². The van der Waals surface area contributed by atoms with Crippen molar-refractivity contribution in [3.05, 3.63) is 75.1 Å². The van der Waals surface area contributed by atoms with Crippen LogP contribution < -0.4 is 16.7 Å². The van der Waals surface area contributed by atoms with Gasteiger partial charge in [-0.25, -0.2) is 9.59 Å². The molecule has 4 rings (SSSR count). The number of rotatable bonds is 2. The number of aromatic amines is 1. The Morgan fingerprint density at radius 1 is 0.958 bits per heavy atom. The number of benzene rings is 2. The van der Waals surface area contributed by atoms with Crippen LogP contribution in [-0.4, -0.2) is 10.9 Å². The second-order valence-corrected chi connectivity index (χ2v) is 5.16. The van der Waals surface area contributed by atoms with Gasteiger partial charge >= 0.3 is 11.4 Å². The van der Waals surface area contributed by atoms with Gasteiger partial charge in [-0.2, -0.15) is 0 Å². The van der Waals surface area contributed by atoms with Gasteiger partial charge in [-0.15, -0.1) is 0 Å². The molecule has 0 aliphatic carbocycles. The molecule has 0 fully saturated rings. The van der Waals surface area contributed by atoms with Gasteiger partial charge in [-0.1, -0.05) is 18.2 Å². The number of hydrogen-bond donors (Lipinski definition) is 2. The Bertz CT molecular complexity index is 1200. The molecule has 4 aromatic rings. The maximum atomic E-state index is 12.4. The van der Waals surface area contributed by atoms with E-state index in [1.807, 2.05) is 0 Å². The summed E-state index contributed by atoms with van der Waals surface area (Å²) in [6.07, 6.45) is 0. The largest absolute Gasteiger partial charge is 0.422 e. The highest BCUT2D eigenvalue weighted by Crippen LogP contribution is 2.18. The highest BCUT2D eigenvalue weighted by Gasteiger charge is 2.14. The summed E-state index contributed by atoms with van der Waals surface area (Å²) in [6.45, 7) is 0. The quantitative estimate of drug-likeness (QED) is 0.552. The van der Waals surface area contributed by atoms with Gasteiger partial charge in [-0.3, -0.25) is 9.78 Å². The standard InChI is InChI=1S/C17H10N2O5/c20-15(11-7-9-3-1-2-4-13(9)23-16(11)21)18-10-5-6-14-12(8-10)19-17(22)24-14/h1-8H,(H,18,20)(H,19,22). The highest BCUT2D eigenvalue weighted by atomic mass is 16.4. The van der Waals surface area contributed by atoms with E-state index in [9.17, 15) is 14.4 Å². The molecule has 0 saturated heterocycles. The summed E-state index contributed by atoms with van der Waals surface area (Å²) < 4.78 is 10.0. The molecule has 0 unspecified atom stereocenters. The van der Waals surface area contributed by atoms with Gasteiger partial charge < -0.3 is 14.2 Å². The Morgan fingerprint density at radius 2 is 1.79 bits per heavy atom. The predicted molar refractivity (Wildman–Crippen MR) is 87.3 cm³/mol. The van der Waals surface area contributed by atoms with E-state index in [2.05, 4.69) is 10.3 Å². The van der Waals surface area contributed by atoms with E-state index < -0.39 is 17.3 Å². The van der Waals surface area contributed by atoms with Gasteiger partial charge in [-0.05, 0) is 30.3 Å². The first-order valence-corrected chi connectivity index (χ1v) is 7.07. The number of hydrogen-bond acceptors (Lipinski definition) is 5. The Morgan fingerprint density at radius 3 is 2.67 bits per heavy atom. The minimum Gasteiger partial charge on any atom is -0.422 e.